The second kappa shape index (κ2) is 4.52. The number of carbonyl (C=O) groups excluding carboxylic acids is 1. The summed E-state index contributed by atoms with van der Waals surface area (Å²) in [5.41, 5.74) is -0.296. The standard InChI is InChI=1S/C15H26O3/c1-6-14(3,4)13(16)17-10(2)11-7-8-12-15(5,9-11)18-12/h10-12H,6-9H2,1-5H3. The summed E-state index contributed by atoms with van der Waals surface area (Å²) in [6, 6.07) is 0. The first-order valence-corrected chi connectivity index (χ1v) is 7.17. The molecule has 0 aromatic heterocycles. The SMILES string of the molecule is CCC(C)(C)C(=O)OC(C)C1CCC2OC2(C)C1. The van der Waals surface area contributed by atoms with E-state index in [1.165, 1.54) is 0 Å². The van der Waals surface area contributed by atoms with E-state index in [0.717, 1.165) is 25.7 Å². The second-order valence-electron chi connectivity index (χ2n) is 6.81. The molecule has 3 heteroatoms. The van der Waals surface area contributed by atoms with Crippen LogP contribution in [0.1, 0.15) is 60.3 Å². The van der Waals surface area contributed by atoms with Crippen LogP contribution < -0.4 is 0 Å². The molecule has 0 aromatic carbocycles. The quantitative estimate of drug-likeness (QED) is 0.570. The first-order chi connectivity index (χ1) is 8.28. The lowest BCUT2D eigenvalue weighted by Gasteiger charge is -2.31. The molecule has 1 aliphatic heterocycles. The number of hydrogen-bond donors (Lipinski definition) is 0. The minimum atomic E-state index is -0.370. The van der Waals surface area contributed by atoms with Gasteiger partial charge in [-0.05, 0) is 59.3 Å². The number of epoxide rings is 1. The van der Waals surface area contributed by atoms with E-state index in [4.69, 9.17) is 9.47 Å². The highest BCUT2D eigenvalue weighted by Gasteiger charge is 2.56. The fourth-order valence-electron chi connectivity index (χ4n) is 2.79. The highest BCUT2D eigenvalue weighted by molar-refractivity contribution is 5.75. The molecule has 4 unspecified atom stereocenters. The van der Waals surface area contributed by atoms with Gasteiger partial charge in [-0.25, -0.2) is 0 Å². The molecular weight excluding hydrogens is 228 g/mol. The predicted octanol–water partition coefficient (Wildman–Crippen LogP) is 3.31. The van der Waals surface area contributed by atoms with Crippen LogP contribution in [0.2, 0.25) is 0 Å². The van der Waals surface area contributed by atoms with Crippen LogP contribution >= 0.6 is 0 Å². The van der Waals surface area contributed by atoms with Crippen LogP contribution in [-0.4, -0.2) is 23.8 Å². The lowest BCUT2D eigenvalue weighted by atomic mass is 9.79. The maximum atomic E-state index is 12.1. The summed E-state index contributed by atoms with van der Waals surface area (Å²) in [5.74, 6) is 0.381. The van der Waals surface area contributed by atoms with Crippen molar-refractivity contribution < 1.29 is 14.3 Å². The zero-order chi connectivity index (χ0) is 13.6. The number of rotatable bonds is 4. The van der Waals surface area contributed by atoms with Gasteiger partial charge in [0.2, 0.25) is 0 Å². The Labute approximate surface area is 110 Å². The molecule has 2 rings (SSSR count). The third kappa shape index (κ3) is 2.56. The van der Waals surface area contributed by atoms with Crippen LogP contribution in [0.3, 0.4) is 0 Å². The van der Waals surface area contributed by atoms with Crippen molar-refractivity contribution in [3.8, 4) is 0 Å². The zero-order valence-corrected chi connectivity index (χ0v) is 12.3. The van der Waals surface area contributed by atoms with E-state index in [1.54, 1.807) is 0 Å². The Bertz CT molecular complexity index is 337. The maximum absolute atomic E-state index is 12.1. The van der Waals surface area contributed by atoms with Crippen molar-refractivity contribution in [2.24, 2.45) is 11.3 Å². The van der Waals surface area contributed by atoms with E-state index in [2.05, 4.69) is 6.92 Å². The molecule has 0 amide bonds. The average molecular weight is 254 g/mol. The average Bonchev–Trinajstić information content (AvgIpc) is 2.99. The minimum absolute atomic E-state index is 0.00491. The molecule has 3 nitrogen and oxygen atoms in total. The van der Waals surface area contributed by atoms with Gasteiger partial charge in [-0.15, -0.1) is 0 Å². The summed E-state index contributed by atoms with van der Waals surface area (Å²) in [6.07, 6.45) is 4.53. The molecule has 1 saturated carbocycles. The molecule has 0 N–H and O–H groups in total. The summed E-state index contributed by atoms with van der Waals surface area (Å²) in [5, 5.41) is 0. The number of ether oxygens (including phenoxy) is 2. The Morgan fingerprint density at radius 1 is 1.50 bits per heavy atom. The van der Waals surface area contributed by atoms with Gasteiger partial charge in [0, 0.05) is 0 Å². The van der Waals surface area contributed by atoms with E-state index in [1.807, 2.05) is 27.7 Å². The molecule has 0 bridgehead atoms. The summed E-state index contributed by atoms with van der Waals surface area (Å²) in [6.45, 7) is 10.1. The molecule has 0 spiro atoms. The van der Waals surface area contributed by atoms with Gasteiger partial charge in [0.1, 0.15) is 6.10 Å². The van der Waals surface area contributed by atoms with Crippen LogP contribution in [0.4, 0.5) is 0 Å². The molecule has 4 atom stereocenters. The molecule has 0 aromatic rings. The zero-order valence-electron chi connectivity index (χ0n) is 12.3. The van der Waals surface area contributed by atoms with E-state index in [0.29, 0.717) is 12.0 Å². The molecule has 1 saturated heterocycles. The van der Waals surface area contributed by atoms with Crippen molar-refractivity contribution in [3.05, 3.63) is 0 Å². The monoisotopic (exact) mass is 254 g/mol. The van der Waals surface area contributed by atoms with E-state index in [-0.39, 0.29) is 23.1 Å². The number of esters is 1. The Kier molecular flexibility index (Phi) is 3.48. The van der Waals surface area contributed by atoms with Crippen LogP contribution in [0.5, 0.6) is 0 Å². The lowest BCUT2D eigenvalue weighted by Crippen LogP contribution is -2.35. The van der Waals surface area contributed by atoms with Gasteiger partial charge < -0.3 is 9.47 Å². The predicted molar refractivity (Wildman–Crippen MR) is 70.2 cm³/mol. The molecule has 1 aliphatic carbocycles. The highest BCUT2D eigenvalue weighted by Crippen LogP contribution is 2.50. The summed E-state index contributed by atoms with van der Waals surface area (Å²) in [4.78, 5) is 12.1. The minimum Gasteiger partial charge on any atom is -0.462 e. The van der Waals surface area contributed by atoms with Crippen molar-refractivity contribution in [2.75, 3.05) is 0 Å². The molecule has 104 valence electrons. The van der Waals surface area contributed by atoms with Gasteiger partial charge in [-0.1, -0.05) is 6.92 Å². The van der Waals surface area contributed by atoms with Crippen molar-refractivity contribution in [2.45, 2.75) is 78.1 Å². The second-order valence-corrected chi connectivity index (χ2v) is 6.81. The third-order valence-electron chi connectivity index (χ3n) is 4.90. The Balaban J connectivity index is 1.88. The van der Waals surface area contributed by atoms with E-state index < -0.39 is 0 Å². The van der Waals surface area contributed by atoms with Gasteiger partial charge in [-0.2, -0.15) is 0 Å². The largest absolute Gasteiger partial charge is 0.462 e. The van der Waals surface area contributed by atoms with Gasteiger partial charge in [-0.3, -0.25) is 4.79 Å². The maximum Gasteiger partial charge on any atom is 0.311 e. The van der Waals surface area contributed by atoms with E-state index in [9.17, 15) is 4.79 Å². The van der Waals surface area contributed by atoms with Crippen molar-refractivity contribution in [1.82, 2.24) is 0 Å². The summed E-state index contributed by atoms with van der Waals surface area (Å²) in [7, 11) is 0. The molecule has 1 heterocycles. The van der Waals surface area contributed by atoms with Gasteiger partial charge in [0.25, 0.3) is 0 Å². The van der Waals surface area contributed by atoms with E-state index >= 15 is 0 Å². The summed E-state index contributed by atoms with van der Waals surface area (Å²) >= 11 is 0. The van der Waals surface area contributed by atoms with Gasteiger partial charge in [0.15, 0.2) is 0 Å². The van der Waals surface area contributed by atoms with Crippen LogP contribution in [-0.2, 0) is 14.3 Å². The molecule has 18 heavy (non-hydrogen) atoms. The van der Waals surface area contributed by atoms with Crippen LogP contribution in [0.15, 0.2) is 0 Å². The van der Waals surface area contributed by atoms with Crippen LogP contribution in [0.25, 0.3) is 0 Å². The van der Waals surface area contributed by atoms with Crippen molar-refractivity contribution in [1.29, 1.82) is 0 Å². The molecule has 2 aliphatic rings. The van der Waals surface area contributed by atoms with Crippen molar-refractivity contribution >= 4 is 5.97 Å². The first kappa shape index (κ1) is 13.9. The summed E-state index contributed by atoms with van der Waals surface area (Å²) < 4.78 is 11.4. The first-order valence-electron chi connectivity index (χ1n) is 7.17. The molecule has 2 fully saturated rings. The Morgan fingerprint density at radius 3 is 2.72 bits per heavy atom. The fourth-order valence-corrected chi connectivity index (χ4v) is 2.79. The molecule has 0 radical (unpaired) electrons. The Morgan fingerprint density at radius 2 is 2.17 bits per heavy atom. The topological polar surface area (TPSA) is 38.8 Å². The molecular formula is C15H26O3. The third-order valence-corrected chi connectivity index (χ3v) is 4.90. The van der Waals surface area contributed by atoms with Crippen LogP contribution in [0, 0.1) is 11.3 Å². The van der Waals surface area contributed by atoms with Crippen molar-refractivity contribution in [3.63, 3.8) is 0 Å². The Hall–Kier alpha value is -0.570. The van der Waals surface area contributed by atoms with Gasteiger partial charge in [0.05, 0.1) is 17.1 Å². The fraction of sp³-hybridized carbons (Fsp3) is 0.933. The number of hydrogen-bond acceptors (Lipinski definition) is 3. The number of carbonyl (C=O) groups is 1. The highest BCUT2D eigenvalue weighted by atomic mass is 16.6. The smallest absolute Gasteiger partial charge is 0.311 e. The lowest BCUT2D eigenvalue weighted by molar-refractivity contribution is -0.162. The van der Waals surface area contributed by atoms with Gasteiger partial charge >= 0.3 is 5.97 Å². The number of fused-ring (bicyclic) bond motifs is 1. The normalized spacial score (nSPS) is 36.7.